The number of tetrazole rings is 1. The highest BCUT2D eigenvalue weighted by molar-refractivity contribution is 6.31. The minimum Gasteiger partial charge on any atom is -0.326 e. The van der Waals surface area contributed by atoms with Crippen molar-refractivity contribution in [2.75, 3.05) is 6.54 Å². The monoisotopic (exact) mass is 457 g/mol. The second-order valence-electron chi connectivity index (χ2n) is 7.54. The summed E-state index contributed by atoms with van der Waals surface area (Å²) in [4.78, 5) is 27.0. The van der Waals surface area contributed by atoms with Gasteiger partial charge in [-0.1, -0.05) is 29.8 Å². The summed E-state index contributed by atoms with van der Waals surface area (Å²) < 4.78 is 14.9. The molecule has 0 fully saturated rings. The third kappa shape index (κ3) is 4.61. The summed E-state index contributed by atoms with van der Waals surface area (Å²) in [6.07, 6.45) is 8.04. The van der Waals surface area contributed by atoms with Crippen molar-refractivity contribution in [2.24, 2.45) is 5.84 Å². The Bertz CT molecular complexity index is 1100. The Labute approximate surface area is 188 Å². The van der Waals surface area contributed by atoms with E-state index in [0.29, 0.717) is 30.0 Å². The lowest BCUT2D eigenvalue weighted by Crippen LogP contribution is -2.53. The Morgan fingerprint density at radius 2 is 2.09 bits per heavy atom. The van der Waals surface area contributed by atoms with Crippen molar-refractivity contribution in [1.82, 2.24) is 30.5 Å². The molecule has 2 aromatic rings. The van der Waals surface area contributed by atoms with Gasteiger partial charge >= 0.3 is 0 Å². The predicted octanol–water partition coefficient (Wildman–Crippen LogP) is 1.57. The van der Waals surface area contributed by atoms with E-state index in [1.165, 1.54) is 29.4 Å². The summed E-state index contributed by atoms with van der Waals surface area (Å²) in [7, 11) is 0. The fraction of sp³-hybridized carbons (Fsp3) is 0.286. The van der Waals surface area contributed by atoms with Crippen LogP contribution in [0.1, 0.15) is 24.4 Å². The molecule has 1 aromatic carbocycles. The number of rotatable bonds is 6. The van der Waals surface area contributed by atoms with E-state index in [1.54, 1.807) is 16.8 Å². The molecule has 1 aliphatic heterocycles. The first kappa shape index (κ1) is 21.8. The Hall–Kier alpha value is -3.37. The Kier molecular flexibility index (Phi) is 6.42. The van der Waals surface area contributed by atoms with Gasteiger partial charge in [0, 0.05) is 24.1 Å². The van der Waals surface area contributed by atoms with Crippen molar-refractivity contribution in [1.29, 1.82) is 0 Å². The lowest BCUT2D eigenvalue weighted by molar-refractivity contribution is -0.137. The van der Waals surface area contributed by atoms with Crippen LogP contribution in [0.25, 0.3) is 0 Å². The Morgan fingerprint density at radius 1 is 1.31 bits per heavy atom. The number of hydrogen-bond donors (Lipinski definition) is 2. The van der Waals surface area contributed by atoms with Crippen molar-refractivity contribution in [3.05, 3.63) is 76.4 Å². The maximum Gasteiger partial charge on any atom is 0.257 e. The van der Waals surface area contributed by atoms with Gasteiger partial charge in [0.15, 0.2) is 0 Å². The Balaban J connectivity index is 1.58. The van der Waals surface area contributed by atoms with Gasteiger partial charge in [-0.15, -0.1) is 5.10 Å². The third-order valence-electron chi connectivity index (χ3n) is 5.61. The van der Waals surface area contributed by atoms with Gasteiger partial charge in [-0.2, -0.15) is 0 Å². The SMILES string of the molecule is NNC(=O)C(Cc1ccc(F)cc1)N1CCC(C2=CC(Cl)=CCC2n2cnnn2)=CC1=O. The van der Waals surface area contributed by atoms with Crippen molar-refractivity contribution in [2.45, 2.75) is 31.3 Å². The predicted molar refractivity (Wildman–Crippen MR) is 114 cm³/mol. The zero-order chi connectivity index (χ0) is 22.7. The molecule has 0 saturated heterocycles. The molecule has 4 rings (SSSR count). The summed E-state index contributed by atoms with van der Waals surface area (Å²) in [6, 6.07) is 4.79. The molecule has 0 radical (unpaired) electrons. The van der Waals surface area contributed by atoms with Crippen LogP contribution in [0.4, 0.5) is 4.39 Å². The lowest BCUT2D eigenvalue weighted by Gasteiger charge is -2.34. The van der Waals surface area contributed by atoms with Crippen LogP contribution in [0.5, 0.6) is 0 Å². The number of halogens is 2. The average molecular weight is 458 g/mol. The molecule has 2 aliphatic rings. The van der Waals surface area contributed by atoms with Crippen LogP contribution < -0.4 is 11.3 Å². The molecule has 2 unspecified atom stereocenters. The number of benzene rings is 1. The van der Waals surface area contributed by atoms with Crippen molar-refractivity contribution < 1.29 is 14.0 Å². The topological polar surface area (TPSA) is 119 Å². The molecule has 0 spiro atoms. The molecule has 2 heterocycles. The molecule has 0 saturated carbocycles. The van der Waals surface area contributed by atoms with Crippen molar-refractivity contribution >= 4 is 23.4 Å². The summed E-state index contributed by atoms with van der Waals surface area (Å²) in [5.41, 5.74) is 4.52. The maximum atomic E-state index is 13.2. The number of nitrogens with two attached hydrogens (primary N) is 1. The number of aromatic nitrogens is 4. The van der Waals surface area contributed by atoms with E-state index in [0.717, 1.165) is 11.1 Å². The van der Waals surface area contributed by atoms with Gasteiger partial charge in [0.2, 0.25) is 5.91 Å². The first-order valence-corrected chi connectivity index (χ1v) is 10.4. The molecule has 1 aliphatic carbocycles. The van der Waals surface area contributed by atoms with Gasteiger partial charge in [-0.25, -0.2) is 14.9 Å². The van der Waals surface area contributed by atoms with E-state index < -0.39 is 11.9 Å². The van der Waals surface area contributed by atoms with Gasteiger partial charge in [0.25, 0.3) is 5.91 Å². The fourth-order valence-corrected chi connectivity index (χ4v) is 4.21. The van der Waals surface area contributed by atoms with Crippen LogP contribution in [0.3, 0.4) is 0 Å². The molecule has 166 valence electrons. The zero-order valence-electron chi connectivity index (χ0n) is 17.0. The number of hydrazine groups is 1. The number of allylic oxidation sites excluding steroid dienone is 4. The number of nitrogens with zero attached hydrogens (tertiary/aromatic N) is 5. The van der Waals surface area contributed by atoms with Crippen LogP contribution in [0, 0.1) is 5.82 Å². The van der Waals surface area contributed by atoms with Gasteiger partial charge < -0.3 is 4.90 Å². The minimum absolute atomic E-state index is 0.180. The van der Waals surface area contributed by atoms with E-state index in [9.17, 15) is 14.0 Å². The summed E-state index contributed by atoms with van der Waals surface area (Å²) in [6.45, 7) is 0.310. The number of carbonyl (C=O) groups excluding carboxylic acids is 2. The fourth-order valence-electron chi connectivity index (χ4n) is 4.00. The van der Waals surface area contributed by atoms with E-state index >= 15 is 0 Å². The summed E-state index contributed by atoms with van der Waals surface area (Å²) in [5, 5.41) is 12.0. The molecule has 0 bridgehead atoms. The highest BCUT2D eigenvalue weighted by Gasteiger charge is 2.33. The highest BCUT2D eigenvalue weighted by atomic mass is 35.5. The summed E-state index contributed by atoms with van der Waals surface area (Å²) >= 11 is 6.24. The van der Waals surface area contributed by atoms with Crippen LogP contribution in [-0.4, -0.2) is 49.5 Å². The third-order valence-corrected chi connectivity index (χ3v) is 5.87. The van der Waals surface area contributed by atoms with Crippen LogP contribution in [0.15, 0.2) is 65.0 Å². The first-order valence-electron chi connectivity index (χ1n) is 10.0. The molecule has 3 N–H and O–H groups in total. The number of carbonyl (C=O) groups is 2. The van der Waals surface area contributed by atoms with Crippen molar-refractivity contribution in [3.8, 4) is 0 Å². The molecule has 1 aromatic heterocycles. The van der Waals surface area contributed by atoms with Crippen LogP contribution in [-0.2, 0) is 16.0 Å². The molecule has 9 nitrogen and oxygen atoms in total. The molecule has 32 heavy (non-hydrogen) atoms. The molecule has 2 atom stereocenters. The molecular formula is C21H21ClFN7O2. The molecule has 11 heteroatoms. The smallest absolute Gasteiger partial charge is 0.257 e. The second-order valence-corrected chi connectivity index (χ2v) is 7.97. The van der Waals surface area contributed by atoms with E-state index in [-0.39, 0.29) is 24.2 Å². The molecular weight excluding hydrogens is 437 g/mol. The average Bonchev–Trinajstić information content (AvgIpc) is 3.33. The largest absolute Gasteiger partial charge is 0.326 e. The summed E-state index contributed by atoms with van der Waals surface area (Å²) in [5.74, 6) is 4.19. The minimum atomic E-state index is -0.824. The van der Waals surface area contributed by atoms with Gasteiger partial charge in [0.05, 0.1) is 6.04 Å². The second kappa shape index (κ2) is 9.41. The first-order chi connectivity index (χ1) is 15.5. The Morgan fingerprint density at radius 3 is 2.75 bits per heavy atom. The van der Waals surface area contributed by atoms with Crippen molar-refractivity contribution in [3.63, 3.8) is 0 Å². The highest BCUT2D eigenvalue weighted by Crippen LogP contribution is 2.36. The normalized spacial score (nSPS) is 19.7. The van der Waals surface area contributed by atoms with E-state index in [1.807, 2.05) is 12.2 Å². The standard InChI is InChI=1S/C21H21ClFN7O2/c22-15-3-6-18(30-12-25-27-28-30)17(11-15)14-7-8-29(20(31)10-14)19(21(32)26-24)9-13-1-4-16(23)5-2-13/h1-5,10-12,18-19H,6-9,24H2,(H,26,32). The van der Waals surface area contributed by atoms with Gasteiger partial charge in [-0.3, -0.25) is 15.0 Å². The van der Waals surface area contributed by atoms with E-state index in [4.69, 9.17) is 17.4 Å². The maximum absolute atomic E-state index is 13.2. The van der Waals surface area contributed by atoms with Crippen LogP contribution >= 0.6 is 11.6 Å². The van der Waals surface area contributed by atoms with Crippen LogP contribution in [0.2, 0.25) is 0 Å². The number of nitrogens with one attached hydrogen (secondary N) is 1. The van der Waals surface area contributed by atoms with Gasteiger partial charge in [-0.05, 0) is 58.2 Å². The number of hydrogen-bond acceptors (Lipinski definition) is 6. The quantitative estimate of drug-likeness (QED) is 0.386. The number of amides is 2. The lowest BCUT2D eigenvalue weighted by atomic mass is 9.88. The molecule has 2 amide bonds. The van der Waals surface area contributed by atoms with E-state index in [2.05, 4.69) is 21.0 Å². The zero-order valence-corrected chi connectivity index (χ0v) is 17.7. The van der Waals surface area contributed by atoms with Gasteiger partial charge in [0.1, 0.15) is 18.2 Å².